The molecule has 2 N–H and O–H groups in total. The average molecular weight is 316 g/mol. The number of aromatic nitrogens is 5. The molecule has 1 atom stereocenters. The third-order valence-corrected chi connectivity index (χ3v) is 4.67. The molecule has 4 aromatic rings. The highest BCUT2D eigenvalue weighted by atomic mass is 15.2. The first-order valence-corrected chi connectivity index (χ1v) is 8.00. The van der Waals surface area contributed by atoms with Crippen LogP contribution in [0.4, 0.5) is 5.82 Å². The van der Waals surface area contributed by atoms with Crippen molar-refractivity contribution in [1.29, 1.82) is 0 Å². The molecule has 0 saturated carbocycles. The van der Waals surface area contributed by atoms with E-state index in [4.69, 9.17) is 0 Å². The van der Waals surface area contributed by atoms with Gasteiger partial charge in [0.1, 0.15) is 17.8 Å². The molecule has 1 aromatic carbocycles. The Kier molecular flexibility index (Phi) is 2.88. The monoisotopic (exact) mass is 316 g/mol. The van der Waals surface area contributed by atoms with Crippen molar-refractivity contribution in [3.8, 4) is 0 Å². The first-order chi connectivity index (χ1) is 11.9. The summed E-state index contributed by atoms with van der Waals surface area (Å²) in [7, 11) is 0. The van der Waals surface area contributed by atoms with E-state index in [2.05, 4.69) is 54.1 Å². The molecule has 5 rings (SSSR count). The smallest absolute Gasteiger partial charge is 0.142 e. The van der Waals surface area contributed by atoms with Gasteiger partial charge in [0.05, 0.1) is 29.6 Å². The summed E-state index contributed by atoms with van der Waals surface area (Å²) in [5, 5.41) is 1.05. The van der Waals surface area contributed by atoms with Crippen LogP contribution in [0.1, 0.15) is 22.9 Å². The summed E-state index contributed by atoms with van der Waals surface area (Å²) in [5.74, 6) is 1.19. The van der Waals surface area contributed by atoms with Gasteiger partial charge >= 0.3 is 0 Å². The molecule has 1 aliphatic heterocycles. The van der Waals surface area contributed by atoms with E-state index in [0.29, 0.717) is 0 Å². The number of H-pyrrole nitrogens is 2. The fraction of sp³-hybridized carbons (Fsp3) is 0.167. The van der Waals surface area contributed by atoms with Gasteiger partial charge in [0.25, 0.3) is 0 Å². The summed E-state index contributed by atoms with van der Waals surface area (Å²) in [6.45, 7) is 1.62. The number of rotatable bonds is 2. The van der Waals surface area contributed by atoms with Gasteiger partial charge in [-0.1, -0.05) is 30.3 Å². The summed E-state index contributed by atoms with van der Waals surface area (Å²) in [6.07, 6.45) is 5.31. The molecule has 6 heteroatoms. The molecule has 0 saturated heterocycles. The van der Waals surface area contributed by atoms with Crippen LogP contribution in [-0.2, 0) is 6.54 Å². The molecular weight excluding hydrogens is 300 g/mol. The van der Waals surface area contributed by atoms with Gasteiger partial charge < -0.3 is 14.9 Å². The van der Waals surface area contributed by atoms with Gasteiger partial charge in [-0.15, -0.1) is 0 Å². The normalized spacial score (nSPS) is 17.2. The van der Waals surface area contributed by atoms with E-state index in [1.807, 2.05) is 18.3 Å². The minimum Gasteiger partial charge on any atom is -0.349 e. The highest BCUT2D eigenvalue weighted by Crippen LogP contribution is 2.35. The van der Waals surface area contributed by atoms with Gasteiger partial charge in [0.2, 0.25) is 0 Å². The molecule has 0 bridgehead atoms. The number of aromatic amines is 2. The molecule has 4 heterocycles. The average Bonchev–Trinajstić information content (AvgIpc) is 3.30. The van der Waals surface area contributed by atoms with Crippen LogP contribution in [0, 0.1) is 0 Å². The second-order valence-corrected chi connectivity index (χ2v) is 6.05. The van der Waals surface area contributed by atoms with Crippen LogP contribution in [0.2, 0.25) is 0 Å². The Labute approximate surface area is 138 Å². The Morgan fingerprint density at radius 3 is 2.83 bits per heavy atom. The molecule has 24 heavy (non-hydrogen) atoms. The van der Waals surface area contributed by atoms with Crippen LogP contribution >= 0.6 is 0 Å². The summed E-state index contributed by atoms with van der Waals surface area (Å²) in [6, 6.07) is 12.6. The molecular formula is C18H16N6. The summed E-state index contributed by atoms with van der Waals surface area (Å²) < 4.78 is 0. The number of nitrogens with one attached hydrogen (secondary N) is 2. The van der Waals surface area contributed by atoms with Gasteiger partial charge in [0.15, 0.2) is 0 Å². The highest BCUT2D eigenvalue weighted by Gasteiger charge is 2.30. The number of fused-ring (bicyclic) bond motifs is 2. The van der Waals surface area contributed by atoms with Crippen molar-refractivity contribution < 1.29 is 0 Å². The second kappa shape index (κ2) is 5.19. The first kappa shape index (κ1) is 13.3. The van der Waals surface area contributed by atoms with Gasteiger partial charge in [-0.05, 0) is 11.6 Å². The van der Waals surface area contributed by atoms with E-state index in [1.54, 1.807) is 12.7 Å². The van der Waals surface area contributed by atoms with Crippen molar-refractivity contribution in [3.05, 3.63) is 72.2 Å². The predicted molar refractivity (Wildman–Crippen MR) is 91.8 cm³/mol. The van der Waals surface area contributed by atoms with Crippen molar-refractivity contribution in [2.24, 2.45) is 0 Å². The van der Waals surface area contributed by atoms with Crippen LogP contribution in [0.5, 0.6) is 0 Å². The van der Waals surface area contributed by atoms with E-state index in [9.17, 15) is 0 Å². The predicted octanol–water partition coefficient (Wildman–Crippen LogP) is 2.83. The van der Waals surface area contributed by atoms with E-state index < -0.39 is 0 Å². The minimum atomic E-state index is 0.227. The molecule has 6 nitrogen and oxygen atoms in total. The molecule has 0 radical (unpaired) electrons. The quantitative estimate of drug-likeness (QED) is 0.596. The zero-order valence-corrected chi connectivity index (χ0v) is 13.0. The highest BCUT2D eigenvalue weighted by molar-refractivity contribution is 5.87. The van der Waals surface area contributed by atoms with Crippen molar-refractivity contribution in [3.63, 3.8) is 0 Å². The standard InChI is InChI=1S/C18H16N6/c1-2-4-12(5-3-1)14-8-24(9-15-16(14)21-10-20-15)18-13-6-7-19-17(13)22-11-23-18/h1-7,10-11,14H,8-9H2,(H,20,21)(H,19,22,23). The molecule has 118 valence electrons. The van der Waals surface area contributed by atoms with Crippen molar-refractivity contribution in [2.75, 3.05) is 11.4 Å². The van der Waals surface area contributed by atoms with Crippen LogP contribution in [0.25, 0.3) is 11.0 Å². The maximum Gasteiger partial charge on any atom is 0.142 e. The summed E-state index contributed by atoms with van der Waals surface area (Å²) >= 11 is 0. The lowest BCUT2D eigenvalue weighted by atomic mass is 9.91. The third-order valence-electron chi connectivity index (χ3n) is 4.67. The SMILES string of the molecule is c1ccc(C2CN(c3ncnc4[nH]ccc34)Cc3[nH]cnc32)cc1. The van der Waals surface area contributed by atoms with Gasteiger partial charge in [-0.3, -0.25) is 0 Å². The molecule has 1 unspecified atom stereocenters. The number of anilines is 1. The van der Waals surface area contributed by atoms with Crippen LogP contribution < -0.4 is 4.90 Å². The molecule has 0 amide bonds. The molecule has 0 aliphatic carbocycles. The van der Waals surface area contributed by atoms with E-state index in [-0.39, 0.29) is 5.92 Å². The number of benzene rings is 1. The number of hydrogen-bond donors (Lipinski definition) is 2. The van der Waals surface area contributed by atoms with Crippen LogP contribution in [0.3, 0.4) is 0 Å². The van der Waals surface area contributed by atoms with Crippen LogP contribution in [-0.4, -0.2) is 31.5 Å². The molecule has 0 spiro atoms. The van der Waals surface area contributed by atoms with Crippen molar-refractivity contribution >= 4 is 16.9 Å². The zero-order chi connectivity index (χ0) is 15.9. The van der Waals surface area contributed by atoms with Crippen molar-refractivity contribution in [2.45, 2.75) is 12.5 Å². The van der Waals surface area contributed by atoms with Crippen molar-refractivity contribution in [1.82, 2.24) is 24.9 Å². The van der Waals surface area contributed by atoms with Crippen LogP contribution in [0.15, 0.2) is 55.2 Å². The van der Waals surface area contributed by atoms with E-state index >= 15 is 0 Å². The fourth-order valence-electron chi connectivity index (χ4n) is 3.54. The maximum absolute atomic E-state index is 4.57. The third kappa shape index (κ3) is 2.00. The molecule has 3 aromatic heterocycles. The molecule has 1 aliphatic rings. The Bertz CT molecular complexity index is 987. The van der Waals surface area contributed by atoms with Gasteiger partial charge in [-0.2, -0.15) is 0 Å². The zero-order valence-electron chi connectivity index (χ0n) is 13.0. The lowest BCUT2D eigenvalue weighted by Crippen LogP contribution is -2.35. The fourth-order valence-corrected chi connectivity index (χ4v) is 3.54. The van der Waals surface area contributed by atoms with Gasteiger partial charge in [0, 0.05) is 18.7 Å². The Morgan fingerprint density at radius 1 is 1.00 bits per heavy atom. The summed E-state index contributed by atoms with van der Waals surface area (Å²) in [5.41, 5.74) is 4.43. The Balaban J connectivity index is 1.61. The molecule has 0 fully saturated rings. The second-order valence-electron chi connectivity index (χ2n) is 6.05. The Hall–Kier alpha value is -3.15. The number of imidazole rings is 1. The first-order valence-electron chi connectivity index (χ1n) is 8.00. The summed E-state index contributed by atoms with van der Waals surface area (Å²) in [4.78, 5) is 22.2. The number of nitrogens with zero attached hydrogens (tertiary/aromatic N) is 4. The maximum atomic E-state index is 4.57. The van der Waals surface area contributed by atoms with E-state index in [1.165, 1.54) is 5.56 Å². The lowest BCUT2D eigenvalue weighted by Gasteiger charge is -2.33. The Morgan fingerprint density at radius 2 is 1.92 bits per heavy atom. The van der Waals surface area contributed by atoms with E-state index in [0.717, 1.165) is 41.3 Å². The minimum absolute atomic E-state index is 0.227. The lowest BCUT2D eigenvalue weighted by molar-refractivity contribution is 0.641. The number of hydrogen-bond acceptors (Lipinski definition) is 4. The topological polar surface area (TPSA) is 73.5 Å². The van der Waals surface area contributed by atoms with Gasteiger partial charge in [-0.25, -0.2) is 15.0 Å². The largest absolute Gasteiger partial charge is 0.349 e.